The maximum atomic E-state index is 13.8. The molecule has 39 heavy (non-hydrogen) atoms. The van der Waals surface area contributed by atoms with Crippen LogP contribution in [0.4, 0.5) is 16.2 Å². The number of hydrogen-bond acceptors (Lipinski definition) is 7. The number of para-hydroxylation sites is 1. The van der Waals surface area contributed by atoms with Gasteiger partial charge in [0, 0.05) is 11.8 Å². The van der Waals surface area contributed by atoms with E-state index >= 15 is 0 Å². The number of ether oxygens (including phenoxy) is 1. The zero-order valence-electron chi connectivity index (χ0n) is 22.4. The van der Waals surface area contributed by atoms with Crippen LogP contribution in [0.3, 0.4) is 0 Å². The molecule has 1 aromatic heterocycles. The molecule has 3 aliphatic rings. The molecular weight excluding hydrogens is 498 g/mol. The van der Waals surface area contributed by atoms with E-state index in [-0.39, 0.29) is 11.8 Å². The minimum Gasteiger partial charge on any atom is -0.618 e. The molecule has 0 unspecified atom stereocenters. The van der Waals surface area contributed by atoms with Crippen LogP contribution in [-0.2, 0) is 14.3 Å². The fraction of sp³-hybridized carbons (Fsp3) is 0.414. The van der Waals surface area contributed by atoms with Gasteiger partial charge in [0.15, 0.2) is 0 Å². The van der Waals surface area contributed by atoms with Gasteiger partial charge in [-0.25, -0.2) is 14.7 Å². The first-order chi connectivity index (χ1) is 18.6. The molecule has 4 atom stereocenters. The van der Waals surface area contributed by atoms with Crippen LogP contribution < -0.4 is 14.9 Å². The summed E-state index contributed by atoms with van der Waals surface area (Å²) in [5.74, 6) is -1.77. The molecule has 3 aliphatic heterocycles. The fourth-order valence-electron chi connectivity index (χ4n) is 6.26. The number of hydrogen-bond donors (Lipinski definition) is 1. The average molecular weight is 530 g/mol. The number of amides is 3. The lowest BCUT2D eigenvalue weighted by Crippen LogP contribution is -2.41. The number of anilines is 2. The summed E-state index contributed by atoms with van der Waals surface area (Å²) >= 11 is 0. The van der Waals surface area contributed by atoms with Crippen molar-refractivity contribution in [1.29, 1.82) is 0 Å². The van der Waals surface area contributed by atoms with Crippen LogP contribution in [0.15, 0.2) is 48.5 Å². The highest BCUT2D eigenvalue weighted by atomic mass is 16.6. The Labute approximate surface area is 226 Å². The largest absolute Gasteiger partial charge is 0.618 e. The van der Waals surface area contributed by atoms with E-state index < -0.39 is 35.6 Å². The lowest BCUT2D eigenvalue weighted by atomic mass is 9.81. The number of carbonyl (C=O) groups is 3. The van der Waals surface area contributed by atoms with Crippen molar-refractivity contribution in [2.75, 3.05) is 16.8 Å². The van der Waals surface area contributed by atoms with E-state index in [4.69, 9.17) is 9.72 Å². The van der Waals surface area contributed by atoms with Gasteiger partial charge in [0.1, 0.15) is 22.9 Å². The molecule has 2 aromatic carbocycles. The number of fused-ring (bicyclic) bond motifs is 9. The molecular formula is C29H31N5O5. The molecule has 6 rings (SSSR count). The van der Waals surface area contributed by atoms with E-state index in [1.54, 1.807) is 63.2 Å². The second-order valence-electron chi connectivity index (χ2n) is 11.4. The summed E-state index contributed by atoms with van der Waals surface area (Å²) in [6.45, 7) is 8.07. The molecule has 10 heteroatoms. The Morgan fingerprint density at radius 1 is 1.08 bits per heavy atom. The van der Waals surface area contributed by atoms with Crippen molar-refractivity contribution in [3.63, 3.8) is 0 Å². The monoisotopic (exact) mass is 529 g/mol. The first kappa shape index (κ1) is 25.2. The molecule has 10 nitrogen and oxygen atoms in total. The Hall–Kier alpha value is -4.05. The van der Waals surface area contributed by atoms with Crippen LogP contribution in [0.5, 0.6) is 0 Å². The van der Waals surface area contributed by atoms with E-state index in [0.29, 0.717) is 40.3 Å². The van der Waals surface area contributed by atoms with Gasteiger partial charge in [0.2, 0.25) is 23.0 Å². The molecule has 0 saturated carbocycles. The van der Waals surface area contributed by atoms with Gasteiger partial charge in [-0.15, -0.1) is 0 Å². The third-order valence-electron chi connectivity index (χ3n) is 7.70. The number of unbranched alkanes of at least 4 members (excludes halogenated alkanes) is 1. The highest BCUT2D eigenvalue weighted by Gasteiger charge is 2.70. The Morgan fingerprint density at radius 2 is 1.77 bits per heavy atom. The van der Waals surface area contributed by atoms with Gasteiger partial charge in [-0.2, -0.15) is 4.73 Å². The first-order valence-corrected chi connectivity index (χ1v) is 13.4. The number of rotatable bonds is 5. The summed E-state index contributed by atoms with van der Waals surface area (Å²) in [4.78, 5) is 48.1. The van der Waals surface area contributed by atoms with E-state index in [9.17, 15) is 19.6 Å². The van der Waals surface area contributed by atoms with Gasteiger partial charge < -0.3 is 9.94 Å². The summed E-state index contributed by atoms with van der Waals surface area (Å²) in [5, 5.41) is 16.5. The fourth-order valence-corrected chi connectivity index (χ4v) is 6.26. The third kappa shape index (κ3) is 3.93. The predicted octanol–water partition coefficient (Wildman–Crippen LogP) is 4.23. The van der Waals surface area contributed by atoms with E-state index in [2.05, 4.69) is 17.1 Å². The quantitative estimate of drug-likeness (QED) is 0.298. The van der Waals surface area contributed by atoms with Gasteiger partial charge >= 0.3 is 6.09 Å². The van der Waals surface area contributed by atoms with Crippen LogP contribution in [0.25, 0.3) is 11.0 Å². The second-order valence-corrected chi connectivity index (χ2v) is 11.4. The van der Waals surface area contributed by atoms with Gasteiger partial charge in [-0.05, 0) is 58.0 Å². The molecule has 3 amide bonds. The molecule has 2 saturated heterocycles. The number of benzene rings is 2. The number of nitrogens with zero attached hydrogens (tertiary/aromatic N) is 4. The molecule has 3 aromatic rings. The number of carbonyl (C=O) groups excluding carboxylic acids is 3. The predicted molar refractivity (Wildman–Crippen MR) is 144 cm³/mol. The van der Waals surface area contributed by atoms with E-state index in [1.807, 2.05) is 6.07 Å². The van der Waals surface area contributed by atoms with Crippen molar-refractivity contribution in [2.24, 2.45) is 11.8 Å². The van der Waals surface area contributed by atoms with Gasteiger partial charge in [-0.3, -0.25) is 19.8 Å². The van der Waals surface area contributed by atoms with Gasteiger partial charge in [0.05, 0.1) is 23.6 Å². The van der Waals surface area contributed by atoms with E-state index in [0.717, 1.165) is 17.6 Å². The highest BCUT2D eigenvalue weighted by molar-refractivity contribution is 6.23. The first-order valence-electron chi connectivity index (χ1n) is 13.4. The Balaban J connectivity index is 1.42. The summed E-state index contributed by atoms with van der Waals surface area (Å²) in [6, 6.07) is 12.8. The molecule has 0 aliphatic carbocycles. The molecule has 0 radical (unpaired) electrons. The summed E-state index contributed by atoms with van der Waals surface area (Å²) in [7, 11) is 0. The molecule has 4 heterocycles. The van der Waals surface area contributed by atoms with Crippen molar-refractivity contribution < 1.29 is 23.9 Å². The van der Waals surface area contributed by atoms with Crippen LogP contribution in [0.1, 0.15) is 64.0 Å². The van der Waals surface area contributed by atoms with Gasteiger partial charge in [0.25, 0.3) is 0 Å². The maximum absolute atomic E-state index is 13.8. The second kappa shape index (κ2) is 9.01. The minimum atomic E-state index is -0.658. The Morgan fingerprint density at radius 3 is 2.44 bits per heavy atom. The normalized spacial score (nSPS) is 23.8. The van der Waals surface area contributed by atoms with Crippen molar-refractivity contribution >= 4 is 40.3 Å². The number of nitrogens with one attached hydrogen (secondary N) is 1. The molecule has 1 N–H and O–H groups in total. The van der Waals surface area contributed by atoms with Crippen LogP contribution >= 0.6 is 0 Å². The standard InChI is InChI=1S/C29H31N5O5/c1-5-6-14-32-23-20-21(27(36)33(26(20)35)17-10-8-7-9-11-17)24(32)25-22(23)31-18-15-16(12-13-19(18)34(25)38)30-28(37)39-29(2,3)4/h7-13,15,20-21,23-24H,5-6,14H2,1-4H3,(H,30,37)/t20-,21+,23+,24-/m1/s1. The van der Waals surface area contributed by atoms with Crippen LogP contribution in [0.2, 0.25) is 0 Å². The topological polar surface area (TPSA) is 119 Å². The zero-order valence-corrected chi connectivity index (χ0v) is 22.4. The molecule has 0 spiro atoms. The Bertz CT molecular complexity index is 1500. The highest BCUT2D eigenvalue weighted by Crippen LogP contribution is 2.61. The number of imide groups is 1. The zero-order chi connectivity index (χ0) is 27.6. The summed E-state index contributed by atoms with van der Waals surface area (Å²) in [5.41, 5.74) is 2.02. The third-order valence-corrected chi connectivity index (χ3v) is 7.70. The van der Waals surface area contributed by atoms with Crippen LogP contribution in [0, 0.1) is 17.0 Å². The van der Waals surface area contributed by atoms with Crippen molar-refractivity contribution in [3.05, 3.63) is 65.1 Å². The van der Waals surface area contributed by atoms with Gasteiger partial charge in [-0.1, -0.05) is 31.5 Å². The smallest absolute Gasteiger partial charge is 0.412 e. The molecule has 2 fully saturated rings. The number of aromatic nitrogens is 2. The summed E-state index contributed by atoms with van der Waals surface area (Å²) in [6.07, 6.45) is 1.20. The Kier molecular flexibility index (Phi) is 5.83. The molecule has 202 valence electrons. The molecule has 2 bridgehead atoms. The van der Waals surface area contributed by atoms with Crippen LogP contribution in [-0.4, -0.2) is 39.9 Å². The summed E-state index contributed by atoms with van der Waals surface area (Å²) < 4.78 is 6.20. The average Bonchev–Trinajstić information content (AvgIpc) is 3.46. The van der Waals surface area contributed by atoms with Crippen molar-refractivity contribution in [1.82, 2.24) is 9.88 Å². The van der Waals surface area contributed by atoms with E-state index in [1.165, 1.54) is 4.90 Å². The maximum Gasteiger partial charge on any atom is 0.412 e. The SMILES string of the molecule is CCCCN1[C@@H]2c3nc4cc(NC(=O)OC(C)(C)C)ccc4[n+]([O-])c3[C@H]1[C@H]1C(=O)N(c3ccccc3)C(=O)[C@H]12. The van der Waals surface area contributed by atoms with Crippen molar-refractivity contribution in [3.8, 4) is 0 Å². The van der Waals surface area contributed by atoms with Crippen molar-refractivity contribution in [2.45, 2.75) is 58.2 Å². The lowest BCUT2D eigenvalue weighted by Gasteiger charge is -2.25. The minimum absolute atomic E-state index is 0.254. The lowest BCUT2D eigenvalue weighted by molar-refractivity contribution is -0.589.